The summed E-state index contributed by atoms with van der Waals surface area (Å²) in [5.74, 6) is 0.893. The number of likely N-dealkylation sites (tertiary alicyclic amines) is 1. The van der Waals surface area contributed by atoms with Gasteiger partial charge in [0.1, 0.15) is 0 Å². The van der Waals surface area contributed by atoms with Gasteiger partial charge in [-0.05, 0) is 24.0 Å². The molecule has 0 saturated carbocycles. The molecule has 0 aliphatic carbocycles. The highest BCUT2D eigenvalue weighted by molar-refractivity contribution is 14.0. The Labute approximate surface area is 197 Å². The first-order chi connectivity index (χ1) is 14.1. The van der Waals surface area contributed by atoms with Gasteiger partial charge in [-0.3, -0.25) is 9.69 Å². The highest BCUT2D eigenvalue weighted by atomic mass is 127. The third-order valence-corrected chi connectivity index (χ3v) is 5.69. The standard InChI is InChI=1S/C22H34N4O3.HI/c1-4-23-22(26-14-17(2)20(16-26)21(27)28-3)24-13-18-5-7-19(8-6-18)15-25-9-11-29-12-10-25;/h5-8,17,20H,4,9-16H2,1-3H3,(H,23,24);1H. The summed E-state index contributed by atoms with van der Waals surface area (Å²) in [6, 6.07) is 8.70. The fraction of sp³-hybridized carbons (Fsp3) is 0.636. The van der Waals surface area contributed by atoms with Crippen LogP contribution in [0.15, 0.2) is 29.3 Å². The molecule has 1 N–H and O–H groups in total. The summed E-state index contributed by atoms with van der Waals surface area (Å²) >= 11 is 0. The molecule has 0 radical (unpaired) electrons. The number of methoxy groups -OCH3 is 1. The van der Waals surface area contributed by atoms with Gasteiger partial charge in [0.05, 0.1) is 32.8 Å². The molecule has 0 bridgehead atoms. The predicted octanol–water partition coefficient (Wildman–Crippen LogP) is 2.34. The number of hydrogen-bond acceptors (Lipinski definition) is 5. The van der Waals surface area contributed by atoms with E-state index in [-0.39, 0.29) is 41.8 Å². The first kappa shape index (κ1) is 24.9. The molecular formula is C22H35IN4O3. The number of carbonyl (C=O) groups is 1. The average Bonchev–Trinajstić information content (AvgIpc) is 3.14. The Morgan fingerprint density at radius 2 is 1.87 bits per heavy atom. The van der Waals surface area contributed by atoms with Crippen molar-refractivity contribution in [1.82, 2.24) is 15.1 Å². The van der Waals surface area contributed by atoms with Crippen LogP contribution in [-0.2, 0) is 27.4 Å². The number of ether oxygens (including phenoxy) is 2. The van der Waals surface area contributed by atoms with Crippen molar-refractivity contribution in [3.8, 4) is 0 Å². The van der Waals surface area contributed by atoms with E-state index in [1.165, 1.54) is 18.2 Å². The fourth-order valence-corrected chi connectivity index (χ4v) is 3.96. The molecule has 30 heavy (non-hydrogen) atoms. The number of halogens is 1. The van der Waals surface area contributed by atoms with Gasteiger partial charge in [0.25, 0.3) is 0 Å². The summed E-state index contributed by atoms with van der Waals surface area (Å²) < 4.78 is 10.4. The van der Waals surface area contributed by atoms with Gasteiger partial charge in [-0.2, -0.15) is 0 Å². The monoisotopic (exact) mass is 530 g/mol. The highest BCUT2D eigenvalue weighted by Crippen LogP contribution is 2.24. The number of benzene rings is 1. The van der Waals surface area contributed by atoms with E-state index in [0.29, 0.717) is 13.1 Å². The van der Waals surface area contributed by atoms with Crippen molar-refractivity contribution in [1.29, 1.82) is 0 Å². The Morgan fingerprint density at radius 1 is 1.20 bits per heavy atom. The maximum Gasteiger partial charge on any atom is 0.310 e. The van der Waals surface area contributed by atoms with Gasteiger partial charge < -0.3 is 19.7 Å². The van der Waals surface area contributed by atoms with Crippen LogP contribution in [0.4, 0.5) is 0 Å². The zero-order valence-corrected chi connectivity index (χ0v) is 20.6. The molecule has 2 heterocycles. The molecular weight excluding hydrogens is 495 g/mol. The van der Waals surface area contributed by atoms with Crippen LogP contribution in [0.1, 0.15) is 25.0 Å². The summed E-state index contributed by atoms with van der Waals surface area (Å²) in [5, 5.41) is 3.36. The molecule has 0 aromatic heterocycles. The van der Waals surface area contributed by atoms with Gasteiger partial charge in [0, 0.05) is 39.3 Å². The zero-order chi connectivity index (χ0) is 20.6. The zero-order valence-electron chi connectivity index (χ0n) is 18.3. The van der Waals surface area contributed by atoms with E-state index in [1.54, 1.807) is 0 Å². The fourth-order valence-electron chi connectivity index (χ4n) is 3.96. The van der Waals surface area contributed by atoms with Gasteiger partial charge in [0.2, 0.25) is 0 Å². The Hall–Kier alpha value is -1.39. The van der Waals surface area contributed by atoms with Crippen LogP contribution in [0.5, 0.6) is 0 Å². The van der Waals surface area contributed by atoms with E-state index in [4.69, 9.17) is 14.5 Å². The van der Waals surface area contributed by atoms with Crippen LogP contribution in [0.2, 0.25) is 0 Å². The Kier molecular flexibility index (Phi) is 10.3. The second-order valence-corrected chi connectivity index (χ2v) is 7.89. The molecule has 0 amide bonds. The normalized spacial score (nSPS) is 22.5. The molecule has 8 heteroatoms. The molecule has 2 unspecified atom stereocenters. The second kappa shape index (κ2) is 12.5. The molecule has 2 saturated heterocycles. The van der Waals surface area contributed by atoms with E-state index < -0.39 is 0 Å². The molecule has 2 aliphatic rings. The van der Waals surface area contributed by atoms with Crippen LogP contribution >= 0.6 is 24.0 Å². The maximum absolute atomic E-state index is 12.0. The topological polar surface area (TPSA) is 66.4 Å². The molecule has 2 atom stereocenters. The lowest BCUT2D eigenvalue weighted by Crippen LogP contribution is -2.40. The minimum Gasteiger partial charge on any atom is -0.469 e. The van der Waals surface area contributed by atoms with Crippen molar-refractivity contribution < 1.29 is 14.3 Å². The van der Waals surface area contributed by atoms with Gasteiger partial charge in [-0.1, -0.05) is 31.2 Å². The number of morpholine rings is 1. The largest absolute Gasteiger partial charge is 0.469 e. The minimum absolute atomic E-state index is 0. The molecule has 2 aliphatic heterocycles. The number of hydrogen-bond donors (Lipinski definition) is 1. The lowest BCUT2D eigenvalue weighted by molar-refractivity contribution is -0.145. The van der Waals surface area contributed by atoms with E-state index in [0.717, 1.165) is 51.9 Å². The van der Waals surface area contributed by atoms with Crippen molar-refractivity contribution in [2.75, 3.05) is 53.0 Å². The third kappa shape index (κ3) is 6.81. The molecule has 1 aromatic carbocycles. The molecule has 1 aromatic rings. The highest BCUT2D eigenvalue weighted by Gasteiger charge is 2.36. The van der Waals surface area contributed by atoms with Crippen molar-refractivity contribution >= 4 is 35.9 Å². The first-order valence-electron chi connectivity index (χ1n) is 10.6. The smallest absolute Gasteiger partial charge is 0.310 e. The van der Waals surface area contributed by atoms with Gasteiger partial charge in [0.15, 0.2) is 5.96 Å². The summed E-state index contributed by atoms with van der Waals surface area (Å²) in [4.78, 5) is 21.4. The summed E-state index contributed by atoms with van der Waals surface area (Å²) in [5.41, 5.74) is 2.50. The number of nitrogens with zero attached hydrogens (tertiary/aromatic N) is 3. The van der Waals surface area contributed by atoms with E-state index in [2.05, 4.69) is 53.2 Å². The van der Waals surface area contributed by atoms with Crippen molar-refractivity contribution in [3.05, 3.63) is 35.4 Å². The second-order valence-electron chi connectivity index (χ2n) is 7.89. The quantitative estimate of drug-likeness (QED) is 0.264. The van der Waals surface area contributed by atoms with E-state index >= 15 is 0 Å². The van der Waals surface area contributed by atoms with Crippen molar-refractivity contribution in [3.63, 3.8) is 0 Å². The minimum atomic E-state index is -0.133. The van der Waals surface area contributed by atoms with Gasteiger partial charge in [-0.25, -0.2) is 4.99 Å². The molecule has 2 fully saturated rings. The Bertz CT molecular complexity index is 692. The molecule has 0 spiro atoms. The lowest BCUT2D eigenvalue weighted by Gasteiger charge is -2.26. The van der Waals surface area contributed by atoms with Crippen LogP contribution in [0, 0.1) is 11.8 Å². The summed E-state index contributed by atoms with van der Waals surface area (Å²) in [7, 11) is 1.46. The number of guanidine groups is 1. The number of nitrogens with one attached hydrogen (secondary N) is 1. The number of aliphatic imine (C=N–C) groups is 1. The van der Waals surface area contributed by atoms with Crippen molar-refractivity contribution in [2.45, 2.75) is 26.9 Å². The number of rotatable bonds is 6. The number of esters is 1. The molecule has 7 nitrogen and oxygen atoms in total. The summed E-state index contributed by atoms with van der Waals surface area (Å²) in [6.07, 6.45) is 0. The Balaban J connectivity index is 0.00000320. The predicted molar refractivity (Wildman–Crippen MR) is 129 cm³/mol. The third-order valence-electron chi connectivity index (χ3n) is 5.69. The van der Waals surface area contributed by atoms with Gasteiger partial charge in [-0.15, -0.1) is 24.0 Å². The Morgan fingerprint density at radius 3 is 2.50 bits per heavy atom. The van der Waals surface area contributed by atoms with E-state index in [1.807, 2.05) is 0 Å². The van der Waals surface area contributed by atoms with Crippen LogP contribution in [0.25, 0.3) is 0 Å². The van der Waals surface area contributed by atoms with Crippen LogP contribution in [-0.4, -0.2) is 74.8 Å². The summed E-state index contributed by atoms with van der Waals surface area (Å²) in [6.45, 7) is 11.7. The van der Waals surface area contributed by atoms with Crippen LogP contribution in [0.3, 0.4) is 0 Å². The van der Waals surface area contributed by atoms with E-state index in [9.17, 15) is 4.79 Å². The molecule has 168 valence electrons. The van der Waals surface area contributed by atoms with Crippen LogP contribution < -0.4 is 5.32 Å². The molecule has 3 rings (SSSR count). The first-order valence-corrected chi connectivity index (χ1v) is 10.6. The SMILES string of the molecule is CCNC(=NCc1ccc(CN2CCOCC2)cc1)N1CC(C)C(C(=O)OC)C1.I. The lowest BCUT2D eigenvalue weighted by atomic mass is 9.99. The average molecular weight is 530 g/mol. The van der Waals surface area contributed by atoms with Crippen molar-refractivity contribution in [2.24, 2.45) is 16.8 Å². The number of carbonyl (C=O) groups excluding carboxylic acids is 1. The maximum atomic E-state index is 12.0. The van der Waals surface area contributed by atoms with Gasteiger partial charge >= 0.3 is 5.97 Å².